The Morgan fingerprint density at radius 2 is 1.94 bits per heavy atom. The summed E-state index contributed by atoms with van der Waals surface area (Å²) < 4.78 is 26.6. The second kappa shape index (κ2) is 5.30. The van der Waals surface area contributed by atoms with Crippen molar-refractivity contribution < 1.29 is 8.42 Å². The van der Waals surface area contributed by atoms with Crippen molar-refractivity contribution in [3.8, 4) is 6.07 Å². The molecule has 0 aliphatic heterocycles. The number of rotatable bonds is 4. The zero-order valence-electron chi connectivity index (χ0n) is 10.1. The fraction of sp³-hybridized carbons (Fsp3) is 0.417. The maximum absolute atomic E-state index is 12.0. The van der Waals surface area contributed by atoms with Crippen LogP contribution in [0.4, 0.5) is 0 Å². The average Bonchev–Trinajstić information content (AvgIpc) is 2.28. The van der Waals surface area contributed by atoms with E-state index in [0.29, 0.717) is 5.56 Å². The Morgan fingerprint density at radius 3 is 2.47 bits per heavy atom. The molecule has 4 nitrogen and oxygen atoms in total. The molecule has 0 saturated heterocycles. The van der Waals surface area contributed by atoms with Gasteiger partial charge in [-0.15, -0.1) is 0 Å². The lowest BCUT2D eigenvalue weighted by Gasteiger charge is -2.17. The number of nitriles is 1. The molecule has 17 heavy (non-hydrogen) atoms. The number of hydrogen-bond acceptors (Lipinski definition) is 3. The van der Waals surface area contributed by atoms with Gasteiger partial charge in [0.1, 0.15) is 0 Å². The highest BCUT2D eigenvalue weighted by Crippen LogP contribution is 2.13. The maximum Gasteiger partial charge on any atom is 0.240 e. The first-order chi connectivity index (χ1) is 7.86. The molecule has 92 valence electrons. The van der Waals surface area contributed by atoms with Gasteiger partial charge in [0.2, 0.25) is 10.0 Å². The van der Waals surface area contributed by atoms with Crippen molar-refractivity contribution in [3.05, 3.63) is 29.8 Å². The quantitative estimate of drug-likeness (QED) is 0.889. The highest BCUT2D eigenvalue weighted by Gasteiger charge is 2.19. The maximum atomic E-state index is 12.0. The Balaban J connectivity index is 3.02. The molecule has 1 aromatic carbocycles. The highest BCUT2D eigenvalue weighted by molar-refractivity contribution is 7.89. The summed E-state index contributed by atoms with van der Waals surface area (Å²) in [4.78, 5) is 0.129. The first-order valence-corrected chi connectivity index (χ1v) is 6.87. The first kappa shape index (κ1) is 13.7. The normalized spacial score (nSPS) is 13.4. The van der Waals surface area contributed by atoms with Crippen LogP contribution in [0, 0.1) is 17.2 Å². The third-order valence-electron chi connectivity index (χ3n) is 2.61. The van der Waals surface area contributed by atoms with Gasteiger partial charge in [0, 0.05) is 6.04 Å². The van der Waals surface area contributed by atoms with E-state index in [1.54, 1.807) is 12.1 Å². The topological polar surface area (TPSA) is 70.0 Å². The van der Waals surface area contributed by atoms with Crippen LogP contribution in [0.1, 0.15) is 26.3 Å². The minimum atomic E-state index is -3.54. The molecule has 1 atom stereocenters. The monoisotopic (exact) mass is 252 g/mol. The van der Waals surface area contributed by atoms with Crippen LogP contribution in [0.25, 0.3) is 0 Å². The van der Waals surface area contributed by atoms with Crippen molar-refractivity contribution in [3.63, 3.8) is 0 Å². The van der Waals surface area contributed by atoms with Crippen LogP contribution >= 0.6 is 0 Å². The Kier molecular flexibility index (Phi) is 4.27. The van der Waals surface area contributed by atoms with E-state index in [9.17, 15) is 8.42 Å². The van der Waals surface area contributed by atoms with Gasteiger partial charge in [-0.1, -0.05) is 19.9 Å². The average molecular weight is 252 g/mol. The summed E-state index contributed by atoms with van der Waals surface area (Å²) in [6.07, 6.45) is 0. The number of nitrogens with one attached hydrogen (secondary N) is 1. The Hall–Kier alpha value is -1.38. The molecule has 0 spiro atoms. The van der Waals surface area contributed by atoms with Gasteiger partial charge in [-0.2, -0.15) is 5.26 Å². The summed E-state index contributed by atoms with van der Waals surface area (Å²) in [5.41, 5.74) is 0.338. The molecule has 0 unspecified atom stereocenters. The Labute approximate surface area is 102 Å². The first-order valence-electron chi connectivity index (χ1n) is 5.39. The van der Waals surface area contributed by atoms with Gasteiger partial charge < -0.3 is 0 Å². The van der Waals surface area contributed by atoms with E-state index in [1.165, 1.54) is 12.1 Å². The van der Waals surface area contributed by atoms with Crippen LogP contribution < -0.4 is 4.72 Å². The van der Waals surface area contributed by atoms with Gasteiger partial charge in [-0.25, -0.2) is 13.1 Å². The van der Waals surface area contributed by atoms with E-state index >= 15 is 0 Å². The van der Waals surface area contributed by atoms with Crippen molar-refractivity contribution >= 4 is 10.0 Å². The molecular weight excluding hydrogens is 236 g/mol. The third-order valence-corrected chi connectivity index (χ3v) is 4.17. The molecule has 0 aliphatic carbocycles. The molecule has 1 aromatic rings. The summed E-state index contributed by atoms with van der Waals surface area (Å²) in [7, 11) is -3.54. The zero-order valence-corrected chi connectivity index (χ0v) is 11.0. The lowest BCUT2D eigenvalue weighted by Crippen LogP contribution is -2.36. The molecule has 0 heterocycles. The summed E-state index contributed by atoms with van der Waals surface area (Å²) in [5.74, 6) is 0.212. The van der Waals surface area contributed by atoms with Gasteiger partial charge in [0.05, 0.1) is 16.5 Å². The van der Waals surface area contributed by atoms with Crippen LogP contribution in [-0.4, -0.2) is 14.5 Å². The van der Waals surface area contributed by atoms with Crippen LogP contribution in [-0.2, 0) is 10.0 Å². The molecule has 0 amide bonds. The van der Waals surface area contributed by atoms with Crippen LogP contribution in [0.2, 0.25) is 0 Å². The molecule has 0 radical (unpaired) electrons. The largest absolute Gasteiger partial charge is 0.240 e. The predicted octanol–water partition coefficient (Wildman–Crippen LogP) is 1.88. The molecule has 0 aliphatic rings. The van der Waals surface area contributed by atoms with Gasteiger partial charge in [-0.3, -0.25) is 0 Å². The number of benzene rings is 1. The van der Waals surface area contributed by atoms with Crippen LogP contribution in [0.15, 0.2) is 29.2 Å². The molecule has 0 bridgehead atoms. The molecular formula is C12H16N2O2S. The summed E-state index contributed by atoms with van der Waals surface area (Å²) >= 11 is 0. The summed E-state index contributed by atoms with van der Waals surface area (Å²) in [6, 6.07) is 7.77. The van der Waals surface area contributed by atoms with Crippen LogP contribution in [0.5, 0.6) is 0 Å². The lowest BCUT2D eigenvalue weighted by molar-refractivity contribution is 0.476. The van der Waals surface area contributed by atoms with E-state index in [2.05, 4.69) is 4.72 Å². The molecule has 1 N–H and O–H groups in total. The van der Waals surface area contributed by atoms with Crippen molar-refractivity contribution in [2.24, 2.45) is 5.92 Å². The Morgan fingerprint density at radius 1 is 1.29 bits per heavy atom. The van der Waals surface area contributed by atoms with Gasteiger partial charge >= 0.3 is 0 Å². The third kappa shape index (κ3) is 3.55. The van der Waals surface area contributed by atoms with Crippen molar-refractivity contribution in [1.82, 2.24) is 4.72 Å². The second-order valence-electron chi connectivity index (χ2n) is 4.29. The van der Waals surface area contributed by atoms with Gasteiger partial charge in [0.25, 0.3) is 0 Å². The SMILES string of the molecule is CC(C)[C@@H](C)NS(=O)(=O)c1cccc(C#N)c1. The predicted molar refractivity (Wildman–Crippen MR) is 65.8 cm³/mol. The van der Waals surface area contributed by atoms with Crippen LogP contribution in [0.3, 0.4) is 0 Å². The number of sulfonamides is 1. The summed E-state index contributed by atoms with van der Waals surface area (Å²) in [5, 5.41) is 8.73. The minimum absolute atomic E-state index is 0.129. The van der Waals surface area contributed by atoms with Gasteiger partial charge in [-0.05, 0) is 31.0 Å². The number of nitrogens with zero attached hydrogens (tertiary/aromatic N) is 1. The van der Waals surface area contributed by atoms with Crippen molar-refractivity contribution in [2.45, 2.75) is 31.7 Å². The van der Waals surface area contributed by atoms with Crippen molar-refractivity contribution in [2.75, 3.05) is 0 Å². The van der Waals surface area contributed by atoms with E-state index in [1.807, 2.05) is 26.8 Å². The smallest absolute Gasteiger partial charge is 0.208 e. The zero-order chi connectivity index (χ0) is 13.1. The summed E-state index contributed by atoms with van der Waals surface area (Å²) in [6.45, 7) is 5.70. The van der Waals surface area contributed by atoms with Gasteiger partial charge in [0.15, 0.2) is 0 Å². The van der Waals surface area contributed by atoms with E-state index < -0.39 is 10.0 Å². The van der Waals surface area contributed by atoms with E-state index in [4.69, 9.17) is 5.26 Å². The lowest BCUT2D eigenvalue weighted by atomic mass is 10.1. The molecule has 5 heteroatoms. The van der Waals surface area contributed by atoms with E-state index in [-0.39, 0.29) is 16.9 Å². The fourth-order valence-corrected chi connectivity index (χ4v) is 2.62. The molecule has 1 rings (SSSR count). The Bertz CT molecular complexity index is 530. The van der Waals surface area contributed by atoms with E-state index in [0.717, 1.165) is 0 Å². The number of hydrogen-bond donors (Lipinski definition) is 1. The standard InChI is InChI=1S/C12H16N2O2S/c1-9(2)10(3)14-17(15,16)12-6-4-5-11(7-12)8-13/h4-7,9-10,14H,1-3H3/t10-/m1/s1. The molecule has 0 aromatic heterocycles. The highest BCUT2D eigenvalue weighted by atomic mass is 32.2. The molecule has 0 fully saturated rings. The second-order valence-corrected chi connectivity index (χ2v) is 6.01. The minimum Gasteiger partial charge on any atom is -0.208 e. The van der Waals surface area contributed by atoms with Crippen molar-refractivity contribution in [1.29, 1.82) is 5.26 Å². The molecule has 0 saturated carbocycles. The fourth-order valence-electron chi connectivity index (χ4n) is 1.18.